The molecule has 29 heavy (non-hydrogen) atoms. The summed E-state index contributed by atoms with van der Waals surface area (Å²) in [5.74, 6) is -0.510. The van der Waals surface area contributed by atoms with Crippen molar-refractivity contribution in [2.24, 2.45) is 0 Å². The number of sulfonamides is 1. The van der Waals surface area contributed by atoms with Crippen molar-refractivity contribution in [1.82, 2.24) is 5.32 Å². The Morgan fingerprint density at radius 1 is 0.897 bits per heavy atom. The summed E-state index contributed by atoms with van der Waals surface area (Å²) in [5.41, 5.74) is 0.783. The minimum atomic E-state index is -3.71. The van der Waals surface area contributed by atoms with Crippen molar-refractivity contribution in [3.05, 3.63) is 77.0 Å². The van der Waals surface area contributed by atoms with Gasteiger partial charge in [0.15, 0.2) is 0 Å². The first-order chi connectivity index (χ1) is 13.9. The molecule has 2 amide bonds. The maximum Gasteiger partial charge on any atom is 0.261 e. The molecule has 0 radical (unpaired) electrons. The molecule has 1 heterocycles. The lowest BCUT2D eigenvalue weighted by Crippen LogP contribution is -2.27. The van der Waals surface area contributed by atoms with Crippen LogP contribution in [0.15, 0.2) is 77.0 Å². The number of amides is 2. The highest BCUT2D eigenvalue weighted by molar-refractivity contribution is 7.92. The molecule has 0 spiro atoms. The maximum absolute atomic E-state index is 12.4. The van der Waals surface area contributed by atoms with Crippen molar-refractivity contribution in [2.75, 3.05) is 16.6 Å². The molecule has 0 bridgehead atoms. The molecule has 2 aromatic carbocycles. The van der Waals surface area contributed by atoms with Gasteiger partial charge in [0.1, 0.15) is 0 Å². The fourth-order valence-electron chi connectivity index (χ4n) is 2.48. The van der Waals surface area contributed by atoms with Gasteiger partial charge in [0.2, 0.25) is 5.91 Å². The number of carbonyl (C=O) groups excluding carboxylic acids is 2. The first-order valence-electron chi connectivity index (χ1n) is 8.73. The van der Waals surface area contributed by atoms with E-state index in [1.54, 1.807) is 53.9 Å². The highest BCUT2D eigenvalue weighted by Gasteiger charge is 2.14. The summed E-state index contributed by atoms with van der Waals surface area (Å²) in [6.45, 7) is 0.197. The molecule has 0 aliphatic heterocycles. The zero-order valence-corrected chi connectivity index (χ0v) is 16.9. The van der Waals surface area contributed by atoms with E-state index in [-0.39, 0.29) is 29.7 Å². The second-order valence-electron chi connectivity index (χ2n) is 6.03. The minimum absolute atomic E-state index is 0.0943. The Morgan fingerprint density at radius 2 is 1.66 bits per heavy atom. The first-order valence-corrected chi connectivity index (χ1v) is 11.1. The monoisotopic (exact) mass is 429 g/mol. The van der Waals surface area contributed by atoms with Crippen molar-refractivity contribution in [3.8, 4) is 0 Å². The van der Waals surface area contributed by atoms with Crippen LogP contribution in [-0.4, -0.2) is 26.8 Å². The molecule has 150 valence electrons. The predicted molar refractivity (Wildman–Crippen MR) is 114 cm³/mol. The summed E-state index contributed by atoms with van der Waals surface area (Å²) in [6, 6.07) is 17.9. The SMILES string of the molecule is O=C(CCNC(=O)c1cccs1)Nc1cccc(NS(=O)(=O)c2ccccc2)c1. The van der Waals surface area contributed by atoms with Crippen molar-refractivity contribution in [3.63, 3.8) is 0 Å². The first kappa shape index (κ1) is 20.6. The second-order valence-corrected chi connectivity index (χ2v) is 8.66. The zero-order chi connectivity index (χ0) is 20.7. The van der Waals surface area contributed by atoms with Gasteiger partial charge >= 0.3 is 0 Å². The third-order valence-corrected chi connectivity index (χ3v) is 6.10. The molecule has 3 aromatic rings. The average molecular weight is 430 g/mol. The normalized spacial score (nSPS) is 10.9. The largest absolute Gasteiger partial charge is 0.351 e. The van der Waals surface area contributed by atoms with E-state index >= 15 is 0 Å². The number of hydrogen-bond donors (Lipinski definition) is 3. The number of hydrogen-bond acceptors (Lipinski definition) is 5. The lowest BCUT2D eigenvalue weighted by molar-refractivity contribution is -0.116. The molecule has 0 fully saturated rings. The van der Waals surface area contributed by atoms with Gasteiger partial charge in [0.25, 0.3) is 15.9 Å². The van der Waals surface area contributed by atoms with Gasteiger partial charge in [-0.1, -0.05) is 30.3 Å². The van der Waals surface area contributed by atoms with Crippen LogP contribution in [0.5, 0.6) is 0 Å². The predicted octanol–water partition coefficient (Wildman–Crippen LogP) is 3.31. The molecule has 0 aliphatic carbocycles. The van der Waals surface area contributed by atoms with Gasteiger partial charge in [-0.15, -0.1) is 11.3 Å². The summed E-state index contributed by atoms with van der Waals surface area (Å²) in [7, 11) is -3.71. The second kappa shape index (κ2) is 9.35. The van der Waals surface area contributed by atoms with Crippen molar-refractivity contribution in [1.29, 1.82) is 0 Å². The Morgan fingerprint density at radius 3 is 2.38 bits per heavy atom. The average Bonchev–Trinajstić information content (AvgIpc) is 3.23. The van der Waals surface area contributed by atoms with Crippen molar-refractivity contribution >= 4 is 44.5 Å². The number of thiophene rings is 1. The molecule has 1 aromatic heterocycles. The summed E-state index contributed by atoms with van der Waals surface area (Å²) in [5, 5.41) is 7.18. The molecule has 7 nitrogen and oxygen atoms in total. The van der Waals surface area contributed by atoms with Crippen LogP contribution in [0.4, 0.5) is 11.4 Å². The van der Waals surface area contributed by atoms with Gasteiger partial charge in [0.05, 0.1) is 15.5 Å². The quantitative estimate of drug-likeness (QED) is 0.511. The molecule has 3 N–H and O–H groups in total. The Kier molecular flexibility index (Phi) is 6.63. The summed E-state index contributed by atoms with van der Waals surface area (Å²) in [6.07, 6.45) is 0.0943. The Hall–Kier alpha value is -3.17. The van der Waals surface area contributed by atoms with E-state index in [1.165, 1.54) is 29.5 Å². The van der Waals surface area contributed by atoms with Gasteiger partial charge in [0, 0.05) is 18.7 Å². The van der Waals surface area contributed by atoms with E-state index in [9.17, 15) is 18.0 Å². The van der Waals surface area contributed by atoms with Gasteiger partial charge < -0.3 is 10.6 Å². The molecule has 3 rings (SSSR count). The van der Waals surface area contributed by atoms with Gasteiger partial charge in [-0.25, -0.2) is 8.42 Å². The van der Waals surface area contributed by atoms with E-state index in [4.69, 9.17) is 0 Å². The Balaban J connectivity index is 1.54. The Labute approximate surface area is 172 Å². The summed E-state index contributed by atoms with van der Waals surface area (Å²) >= 11 is 1.33. The summed E-state index contributed by atoms with van der Waals surface area (Å²) < 4.78 is 27.3. The van der Waals surface area contributed by atoms with Crippen LogP contribution in [0.1, 0.15) is 16.1 Å². The molecule has 0 saturated heterocycles. The minimum Gasteiger partial charge on any atom is -0.351 e. The smallest absolute Gasteiger partial charge is 0.261 e. The van der Waals surface area contributed by atoms with Crippen LogP contribution in [-0.2, 0) is 14.8 Å². The molecule has 0 unspecified atom stereocenters. The van der Waals surface area contributed by atoms with Crippen molar-refractivity contribution in [2.45, 2.75) is 11.3 Å². The third-order valence-electron chi connectivity index (χ3n) is 3.83. The maximum atomic E-state index is 12.4. The molecule has 0 saturated carbocycles. The topological polar surface area (TPSA) is 104 Å². The van der Waals surface area contributed by atoms with Crippen molar-refractivity contribution < 1.29 is 18.0 Å². The number of nitrogens with one attached hydrogen (secondary N) is 3. The highest BCUT2D eigenvalue weighted by Crippen LogP contribution is 2.19. The van der Waals surface area contributed by atoms with Gasteiger partial charge in [-0.05, 0) is 41.8 Å². The lowest BCUT2D eigenvalue weighted by atomic mass is 10.2. The molecule has 0 atom stereocenters. The van der Waals surface area contributed by atoms with E-state index in [0.29, 0.717) is 16.3 Å². The molecular formula is C20H19N3O4S2. The van der Waals surface area contributed by atoms with E-state index in [0.717, 1.165) is 0 Å². The van der Waals surface area contributed by atoms with Gasteiger partial charge in [-0.3, -0.25) is 14.3 Å². The molecule has 9 heteroatoms. The summed E-state index contributed by atoms with van der Waals surface area (Å²) in [4.78, 5) is 24.7. The van der Waals surface area contributed by atoms with Crippen LogP contribution in [0.25, 0.3) is 0 Å². The fraction of sp³-hybridized carbons (Fsp3) is 0.100. The zero-order valence-electron chi connectivity index (χ0n) is 15.3. The van der Waals surface area contributed by atoms with Crippen LogP contribution < -0.4 is 15.4 Å². The van der Waals surface area contributed by atoms with E-state index in [1.807, 2.05) is 0 Å². The van der Waals surface area contributed by atoms with Crippen LogP contribution in [0, 0.1) is 0 Å². The number of anilines is 2. The van der Waals surface area contributed by atoms with Crippen LogP contribution >= 0.6 is 11.3 Å². The van der Waals surface area contributed by atoms with E-state index in [2.05, 4.69) is 15.4 Å². The third kappa shape index (κ3) is 5.90. The van der Waals surface area contributed by atoms with E-state index < -0.39 is 10.0 Å². The number of benzene rings is 2. The fourth-order valence-corrected chi connectivity index (χ4v) is 4.19. The standard InChI is InChI=1S/C20H19N3O4S2/c24-19(11-12-21-20(25)18-10-5-13-28-18)22-15-6-4-7-16(14-15)23-29(26,27)17-8-2-1-3-9-17/h1-10,13-14,23H,11-12H2,(H,21,25)(H,22,24). The van der Waals surface area contributed by atoms with Crippen LogP contribution in [0.3, 0.4) is 0 Å². The Bertz CT molecular complexity index is 1080. The molecule has 0 aliphatic rings. The van der Waals surface area contributed by atoms with Crippen LogP contribution in [0.2, 0.25) is 0 Å². The lowest BCUT2D eigenvalue weighted by Gasteiger charge is -2.10. The molecular weight excluding hydrogens is 410 g/mol. The number of carbonyl (C=O) groups is 2. The number of rotatable bonds is 8. The van der Waals surface area contributed by atoms with Gasteiger partial charge in [-0.2, -0.15) is 0 Å². The highest BCUT2D eigenvalue weighted by atomic mass is 32.2.